The number of hydrogen-bond donors (Lipinski definition) is 1. The number of ether oxygens (including phenoxy) is 1. The van der Waals surface area contributed by atoms with Crippen LogP contribution in [0.2, 0.25) is 5.02 Å². The van der Waals surface area contributed by atoms with Crippen molar-refractivity contribution < 1.29 is 17.9 Å². The molecule has 112 valence electrons. The molecule has 0 radical (unpaired) electrons. The highest BCUT2D eigenvalue weighted by Crippen LogP contribution is 2.38. The Morgan fingerprint density at radius 3 is 2.19 bits per heavy atom. The first-order valence-corrected chi connectivity index (χ1v) is 6.59. The van der Waals surface area contributed by atoms with Gasteiger partial charge in [0.1, 0.15) is 12.4 Å². The molecule has 0 heterocycles. The van der Waals surface area contributed by atoms with Crippen molar-refractivity contribution in [3.63, 3.8) is 0 Å². The topological polar surface area (TPSA) is 35.2 Å². The molecule has 0 unspecified atom stereocenters. The molecular formula is C15H13ClF3NO. The average Bonchev–Trinajstić information content (AvgIpc) is 2.45. The third kappa shape index (κ3) is 3.89. The summed E-state index contributed by atoms with van der Waals surface area (Å²) in [6.45, 7) is 0.180. The molecule has 0 atom stereocenters. The standard InChI is InChI=1S/C15H13ClF3NO/c16-12-4-1-10(2-5-12)11-3-6-14(21-8-7-20)13(9-11)15(17,18)19/h1-6,9H,7-8,20H2. The van der Waals surface area contributed by atoms with Crippen LogP contribution in [0.15, 0.2) is 42.5 Å². The molecule has 0 spiro atoms. The Kier molecular flexibility index (Phi) is 4.75. The van der Waals surface area contributed by atoms with Gasteiger partial charge in [-0.25, -0.2) is 0 Å². The highest BCUT2D eigenvalue weighted by atomic mass is 35.5. The van der Waals surface area contributed by atoms with Gasteiger partial charge in [0.2, 0.25) is 0 Å². The Balaban J connectivity index is 2.43. The Bertz CT molecular complexity index is 611. The van der Waals surface area contributed by atoms with Gasteiger partial charge in [-0.15, -0.1) is 0 Å². The lowest BCUT2D eigenvalue weighted by molar-refractivity contribution is -0.138. The van der Waals surface area contributed by atoms with Crippen molar-refractivity contribution >= 4 is 11.6 Å². The molecule has 2 nitrogen and oxygen atoms in total. The SMILES string of the molecule is NCCOc1ccc(-c2ccc(Cl)cc2)cc1C(F)(F)F. The van der Waals surface area contributed by atoms with Gasteiger partial charge in [0, 0.05) is 11.6 Å². The van der Waals surface area contributed by atoms with Crippen LogP contribution in [0.1, 0.15) is 5.56 Å². The van der Waals surface area contributed by atoms with E-state index < -0.39 is 11.7 Å². The fourth-order valence-corrected chi connectivity index (χ4v) is 1.99. The number of benzene rings is 2. The molecule has 21 heavy (non-hydrogen) atoms. The molecule has 0 saturated carbocycles. The number of alkyl halides is 3. The maximum Gasteiger partial charge on any atom is 0.419 e. The molecule has 6 heteroatoms. The van der Waals surface area contributed by atoms with Gasteiger partial charge in [0.15, 0.2) is 0 Å². The summed E-state index contributed by atoms with van der Waals surface area (Å²) >= 11 is 5.77. The van der Waals surface area contributed by atoms with Crippen LogP contribution in [0.5, 0.6) is 5.75 Å². The quantitative estimate of drug-likeness (QED) is 0.909. The molecule has 0 aliphatic rings. The minimum atomic E-state index is -4.49. The van der Waals surface area contributed by atoms with Crippen molar-refractivity contribution in [1.82, 2.24) is 0 Å². The van der Waals surface area contributed by atoms with Gasteiger partial charge in [-0.05, 0) is 35.4 Å². The minimum absolute atomic E-state index is 0.0311. The fraction of sp³-hybridized carbons (Fsp3) is 0.200. The van der Waals surface area contributed by atoms with Crippen molar-refractivity contribution in [2.75, 3.05) is 13.2 Å². The Hall–Kier alpha value is -1.72. The monoisotopic (exact) mass is 315 g/mol. The van der Waals surface area contributed by atoms with Crippen LogP contribution in [0.3, 0.4) is 0 Å². The van der Waals surface area contributed by atoms with E-state index in [0.717, 1.165) is 6.07 Å². The van der Waals surface area contributed by atoms with E-state index in [0.29, 0.717) is 16.1 Å². The molecule has 2 aromatic rings. The summed E-state index contributed by atoms with van der Waals surface area (Å²) in [5.74, 6) is -0.217. The number of hydrogen-bond acceptors (Lipinski definition) is 2. The molecule has 0 amide bonds. The zero-order valence-electron chi connectivity index (χ0n) is 11.0. The van der Waals surface area contributed by atoms with Crippen molar-refractivity contribution in [1.29, 1.82) is 0 Å². The van der Waals surface area contributed by atoms with Gasteiger partial charge >= 0.3 is 6.18 Å². The molecule has 0 aliphatic carbocycles. The lowest BCUT2D eigenvalue weighted by Gasteiger charge is -2.15. The molecular weight excluding hydrogens is 303 g/mol. The summed E-state index contributed by atoms with van der Waals surface area (Å²) in [6, 6.07) is 10.5. The second-order valence-corrected chi connectivity index (χ2v) is 4.79. The first kappa shape index (κ1) is 15.7. The number of rotatable bonds is 4. The van der Waals surface area contributed by atoms with Crippen LogP contribution >= 0.6 is 11.6 Å². The van der Waals surface area contributed by atoms with E-state index in [4.69, 9.17) is 22.1 Å². The van der Waals surface area contributed by atoms with E-state index in [1.807, 2.05) is 0 Å². The zero-order chi connectivity index (χ0) is 15.5. The zero-order valence-corrected chi connectivity index (χ0v) is 11.7. The molecule has 0 aromatic heterocycles. The lowest BCUT2D eigenvalue weighted by Crippen LogP contribution is -2.14. The molecule has 0 fully saturated rings. The first-order valence-electron chi connectivity index (χ1n) is 6.22. The van der Waals surface area contributed by atoms with Crippen LogP contribution in [-0.2, 0) is 6.18 Å². The summed E-state index contributed by atoms with van der Waals surface area (Å²) in [5, 5.41) is 0.526. The molecule has 0 aliphatic heterocycles. The van der Waals surface area contributed by atoms with Gasteiger partial charge in [-0.2, -0.15) is 13.2 Å². The minimum Gasteiger partial charge on any atom is -0.492 e. The molecule has 0 bridgehead atoms. The summed E-state index contributed by atoms with van der Waals surface area (Å²) in [6.07, 6.45) is -4.49. The van der Waals surface area contributed by atoms with E-state index in [1.54, 1.807) is 30.3 Å². The molecule has 2 rings (SSSR count). The van der Waals surface area contributed by atoms with Crippen LogP contribution in [0, 0.1) is 0 Å². The van der Waals surface area contributed by atoms with Crippen LogP contribution < -0.4 is 10.5 Å². The Labute approximate surface area is 125 Å². The normalized spacial score (nSPS) is 11.5. The van der Waals surface area contributed by atoms with Crippen molar-refractivity contribution in [3.05, 3.63) is 53.1 Å². The van der Waals surface area contributed by atoms with E-state index in [9.17, 15) is 13.2 Å². The number of halogens is 4. The van der Waals surface area contributed by atoms with Crippen molar-refractivity contribution in [3.8, 4) is 16.9 Å². The second kappa shape index (κ2) is 6.37. The summed E-state index contributed by atoms with van der Waals surface area (Å²) < 4.78 is 44.4. The maximum absolute atomic E-state index is 13.1. The summed E-state index contributed by atoms with van der Waals surface area (Å²) in [7, 11) is 0. The Morgan fingerprint density at radius 1 is 1.00 bits per heavy atom. The Morgan fingerprint density at radius 2 is 1.62 bits per heavy atom. The first-order chi connectivity index (χ1) is 9.91. The van der Waals surface area contributed by atoms with Gasteiger partial charge in [-0.3, -0.25) is 0 Å². The third-order valence-corrected chi connectivity index (χ3v) is 3.09. The fourth-order valence-electron chi connectivity index (χ4n) is 1.87. The van der Waals surface area contributed by atoms with Crippen LogP contribution in [-0.4, -0.2) is 13.2 Å². The summed E-state index contributed by atoms with van der Waals surface area (Å²) in [5.41, 5.74) is 5.53. The van der Waals surface area contributed by atoms with E-state index in [-0.39, 0.29) is 18.9 Å². The van der Waals surface area contributed by atoms with Gasteiger partial charge < -0.3 is 10.5 Å². The van der Waals surface area contributed by atoms with Gasteiger partial charge in [0.05, 0.1) is 5.56 Å². The van der Waals surface area contributed by atoms with Crippen LogP contribution in [0.25, 0.3) is 11.1 Å². The predicted molar refractivity (Wildman–Crippen MR) is 76.4 cm³/mol. The molecule has 2 N–H and O–H groups in total. The molecule has 0 saturated heterocycles. The van der Waals surface area contributed by atoms with Crippen molar-refractivity contribution in [2.24, 2.45) is 5.73 Å². The second-order valence-electron chi connectivity index (χ2n) is 4.35. The predicted octanol–water partition coefficient (Wildman–Crippen LogP) is 4.36. The van der Waals surface area contributed by atoms with Crippen molar-refractivity contribution in [2.45, 2.75) is 6.18 Å². The van der Waals surface area contributed by atoms with Gasteiger partial charge in [-0.1, -0.05) is 29.8 Å². The third-order valence-electron chi connectivity index (χ3n) is 2.84. The largest absolute Gasteiger partial charge is 0.492 e. The lowest BCUT2D eigenvalue weighted by atomic mass is 10.0. The van der Waals surface area contributed by atoms with E-state index in [1.165, 1.54) is 6.07 Å². The summed E-state index contributed by atoms with van der Waals surface area (Å²) in [4.78, 5) is 0. The van der Waals surface area contributed by atoms with Gasteiger partial charge in [0.25, 0.3) is 0 Å². The maximum atomic E-state index is 13.1. The smallest absolute Gasteiger partial charge is 0.419 e. The highest BCUT2D eigenvalue weighted by molar-refractivity contribution is 6.30. The average molecular weight is 316 g/mol. The molecule has 2 aromatic carbocycles. The number of nitrogens with two attached hydrogens (primary N) is 1. The van der Waals surface area contributed by atoms with E-state index in [2.05, 4.69) is 0 Å². The van der Waals surface area contributed by atoms with E-state index >= 15 is 0 Å². The highest BCUT2D eigenvalue weighted by Gasteiger charge is 2.34. The van der Waals surface area contributed by atoms with Crippen LogP contribution in [0.4, 0.5) is 13.2 Å².